The summed E-state index contributed by atoms with van der Waals surface area (Å²) in [5, 5.41) is 4.55. The molecule has 3 heterocycles. The van der Waals surface area contributed by atoms with E-state index in [1.54, 1.807) is 36.6 Å². The molecule has 0 aliphatic carbocycles. The van der Waals surface area contributed by atoms with Crippen LogP contribution in [0.4, 0.5) is 5.13 Å². The molecule has 0 bridgehead atoms. The van der Waals surface area contributed by atoms with Gasteiger partial charge in [0.15, 0.2) is 10.8 Å². The van der Waals surface area contributed by atoms with Gasteiger partial charge in [0.2, 0.25) is 0 Å². The molecular weight excluding hydrogens is 416 g/mol. The van der Waals surface area contributed by atoms with Crippen LogP contribution in [0.1, 0.15) is 39.0 Å². The summed E-state index contributed by atoms with van der Waals surface area (Å²) >= 11 is 1.15. The van der Waals surface area contributed by atoms with Crippen molar-refractivity contribution in [3.05, 3.63) is 76.7 Å². The first-order chi connectivity index (χ1) is 15.0. The Morgan fingerprint density at radius 2 is 2.00 bits per heavy atom. The fourth-order valence-electron chi connectivity index (χ4n) is 3.00. The van der Waals surface area contributed by atoms with Crippen molar-refractivity contribution >= 4 is 34.0 Å². The summed E-state index contributed by atoms with van der Waals surface area (Å²) < 4.78 is 12.8. The number of carbonyl (C=O) groups excluding carboxylic acids is 2. The fraction of sp³-hybridized carbons (Fsp3) is 0.182. The average molecular weight is 436 g/mol. The van der Waals surface area contributed by atoms with Gasteiger partial charge in [-0.15, -0.1) is 11.3 Å². The van der Waals surface area contributed by atoms with Crippen molar-refractivity contribution in [3.63, 3.8) is 0 Å². The highest BCUT2D eigenvalue weighted by Gasteiger charge is 2.17. The highest BCUT2D eigenvalue weighted by molar-refractivity contribution is 7.14. The van der Waals surface area contributed by atoms with Gasteiger partial charge in [-0.25, -0.2) is 14.8 Å². The predicted molar refractivity (Wildman–Crippen MR) is 117 cm³/mol. The summed E-state index contributed by atoms with van der Waals surface area (Å²) in [6.45, 7) is 4.19. The lowest BCUT2D eigenvalue weighted by atomic mass is 10.2. The fourth-order valence-corrected chi connectivity index (χ4v) is 3.67. The van der Waals surface area contributed by atoms with Crippen LogP contribution < -0.4 is 10.1 Å². The minimum absolute atomic E-state index is 0.161. The summed E-state index contributed by atoms with van der Waals surface area (Å²) in [5.41, 5.74) is 3.21. The Bertz CT molecular complexity index is 1250. The number of nitrogens with zero attached hydrogens (tertiary/aromatic N) is 3. The lowest BCUT2D eigenvalue weighted by Crippen LogP contribution is -2.14. The minimum Gasteiger partial charge on any atom is -0.486 e. The maximum atomic E-state index is 12.8. The molecule has 0 atom stereocenters. The average Bonchev–Trinajstić information content (AvgIpc) is 3.40. The van der Waals surface area contributed by atoms with Crippen LogP contribution in [0.15, 0.2) is 54.2 Å². The highest BCUT2D eigenvalue weighted by Crippen LogP contribution is 2.23. The Balaban J connectivity index is 1.47. The summed E-state index contributed by atoms with van der Waals surface area (Å²) in [4.78, 5) is 33.2. The number of ether oxygens (including phenoxy) is 2. The molecule has 4 rings (SSSR count). The van der Waals surface area contributed by atoms with Crippen molar-refractivity contribution in [1.29, 1.82) is 0 Å². The van der Waals surface area contributed by atoms with E-state index in [1.165, 1.54) is 0 Å². The zero-order valence-corrected chi connectivity index (χ0v) is 17.8. The van der Waals surface area contributed by atoms with Crippen LogP contribution in [0.5, 0.6) is 5.75 Å². The van der Waals surface area contributed by atoms with Crippen LogP contribution in [0.2, 0.25) is 0 Å². The molecule has 0 unspecified atom stereocenters. The van der Waals surface area contributed by atoms with Gasteiger partial charge in [0, 0.05) is 17.8 Å². The Morgan fingerprint density at radius 1 is 1.16 bits per heavy atom. The number of aryl methyl sites for hydroxylation is 1. The smallest absolute Gasteiger partial charge is 0.357 e. The number of amides is 1. The number of benzene rings is 1. The number of thiazole rings is 1. The van der Waals surface area contributed by atoms with Crippen LogP contribution in [-0.4, -0.2) is 32.9 Å². The molecule has 0 fully saturated rings. The maximum Gasteiger partial charge on any atom is 0.357 e. The van der Waals surface area contributed by atoms with E-state index in [2.05, 4.69) is 15.3 Å². The molecule has 0 spiro atoms. The van der Waals surface area contributed by atoms with Crippen molar-refractivity contribution in [2.24, 2.45) is 0 Å². The largest absolute Gasteiger partial charge is 0.486 e. The first kappa shape index (κ1) is 20.5. The van der Waals surface area contributed by atoms with E-state index in [0.717, 1.165) is 28.2 Å². The molecule has 1 N–H and O–H groups in total. The van der Waals surface area contributed by atoms with Crippen LogP contribution >= 0.6 is 11.3 Å². The van der Waals surface area contributed by atoms with E-state index < -0.39 is 5.97 Å². The van der Waals surface area contributed by atoms with Gasteiger partial charge in [0.25, 0.3) is 5.91 Å². The van der Waals surface area contributed by atoms with Gasteiger partial charge in [0.05, 0.1) is 17.9 Å². The van der Waals surface area contributed by atoms with Crippen LogP contribution in [-0.2, 0) is 11.3 Å². The van der Waals surface area contributed by atoms with E-state index in [9.17, 15) is 9.59 Å². The second-order valence-corrected chi connectivity index (χ2v) is 7.51. The molecule has 1 amide bonds. The topological polar surface area (TPSA) is 94.8 Å². The Morgan fingerprint density at radius 3 is 2.81 bits per heavy atom. The van der Waals surface area contributed by atoms with Gasteiger partial charge in [0.1, 0.15) is 18.0 Å². The van der Waals surface area contributed by atoms with E-state index in [4.69, 9.17) is 9.47 Å². The van der Waals surface area contributed by atoms with Gasteiger partial charge in [-0.1, -0.05) is 18.2 Å². The monoisotopic (exact) mass is 436 g/mol. The summed E-state index contributed by atoms with van der Waals surface area (Å²) in [5.74, 6) is -0.479. The Kier molecular flexibility index (Phi) is 5.94. The quantitative estimate of drug-likeness (QED) is 0.438. The van der Waals surface area contributed by atoms with Crippen molar-refractivity contribution in [2.45, 2.75) is 20.5 Å². The zero-order chi connectivity index (χ0) is 21.8. The van der Waals surface area contributed by atoms with E-state index in [-0.39, 0.29) is 24.8 Å². The number of imidazole rings is 1. The zero-order valence-electron chi connectivity index (χ0n) is 17.0. The number of rotatable bonds is 7. The SMILES string of the molecule is CCOC(=O)c1csc(NC(=O)c2ccccc2OCc2cn3cccc(C)c3n2)n1. The Labute approximate surface area is 182 Å². The standard InChI is InChI=1S/C22H20N4O4S/c1-3-29-21(28)17-13-31-22(24-17)25-20(27)16-8-4-5-9-18(16)30-12-15-11-26-10-6-7-14(2)19(26)23-15/h4-11,13H,3,12H2,1-2H3,(H,24,25,27). The number of fused-ring (bicyclic) bond motifs is 1. The number of para-hydroxylation sites is 1. The first-order valence-electron chi connectivity index (χ1n) is 9.64. The third kappa shape index (κ3) is 4.56. The number of hydrogen-bond donors (Lipinski definition) is 1. The number of hydrogen-bond acceptors (Lipinski definition) is 7. The molecule has 158 valence electrons. The van der Waals surface area contributed by atoms with E-state index >= 15 is 0 Å². The van der Waals surface area contributed by atoms with Crippen molar-refractivity contribution < 1.29 is 19.1 Å². The molecule has 0 aliphatic heterocycles. The van der Waals surface area contributed by atoms with Gasteiger partial charge in [-0.3, -0.25) is 10.1 Å². The van der Waals surface area contributed by atoms with E-state index in [1.807, 2.05) is 35.9 Å². The van der Waals surface area contributed by atoms with Crippen molar-refractivity contribution in [1.82, 2.24) is 14.4 Å². The van der Waals surface area contributed by atoms with Crippen molar-refractivity contribution in [3.8, 4) is 5.75 Å². The van der Waals surface area contributed by atoms with Gasteiger partial charge in [-0.2, -0.15) is 0 Å². The summed E-state index contributed by atoms with van der Waals surface area (Å²) in [6.07, 6.45) is 3.83. The molecule has 0 aliphatic rings. The first-order valence-corrected chi connectivity index (χ1v) is 10.5. The van der Waals surface area contributed by atoms with E-state index in [0.29, 0.717) is 16.4 Å². The molecule has 4 aromatic rings. The third-order valence-corrected chi connectivity index (χ3v) is 5.20. The lowest BCUT2D eigenvalue weighted by molar-refractivity contribution is 0.0520. The molecule has 0 radical (unpaired) electrons. The lowest BCUT2D eigenvalue weighted by Gasteiger charge is -2.10. The number of aromatic nitrogens is 3. The number of carbonyl (C=O) groups is 2. The normalized spacial score (nSPS) is 10.8. The van der Waals surface area contributed by atoms with Gasteiger partial charge >= 0.3 is 5.97 Å². The number of nitrogens with one attached hydrogen (secondary N) is 1. The Hall–Kier alpha value is -3.72. The molecule has 8 nitrogen and oxygen atoms in total. The van der Waals surface area contributed by atoms with Gasteiger partial charge in [-0.05, 0) is 37.6 Å². The van der Waals surface area contributed by atoms with Crippen molar-refractivity contribution in [2.75, 3.05) is 11.9 Å². The second kappa shape index (κ2) is 8.97. The summed E-state index contributed by atoms with van der Waals surface area (Å²) in [6, 6.07) is 10.9. The van der Waals surface area contributed by atoms with Gasteiger partial charge < -0.3 is 13.9 Å². The van der Waals surface area contributed by atoms with Crippen LogP contribution in [0, 0.1) is 6.92 Å². The summed E-state index contributed by atoms with van der Waals surface area (Å²) in [7, 11) is 0. The predicted octanol–water partition coefficient (Wildman–Crippen LogP) is 4.11. The highest BCUT2D eigenvalue weighted by atomic mass is 32.1. The molecule has 3 aromatic heterocycles. The molecule has 31 heavy (non-hydrogen) atoms. The third-order valence-electron chi connectivity index (χ3n) is 4.44. The maximum absolute atomic E-state index is 12.8. The molecule has 9 heteroatoms. The van der Waals surface area contributed by atoms with Crippen LogP contribution in [0.25, 0.3) is 5.65 Å². The molecule has 1 aromatic carbocycles. The molecule has 0 saturated heterocycles. The number of pyridine rings is 1. The number of esters is 1. The second-order valence-electron chi connectivity index (χ2n) is 6.65. The van der Waals surface area contributed by atoms with Crippen LogP contribution in [0.3, 0.4) is 0 Å². The molecule has 0 saturated carbocycles. The number of anilines is 1. The molecular formula is C22H20N4O4S. The minimum atomic E-state index is -0.523.